The van der Waals surface area contributed by atoms with E-state index >= 15 is 0 Å². The summed E-state index contributed by atoms with van der Waals surface area (Å²) in [5.41, 5.74) is 0. The maximum atomic E-state index is 12.1. The molecule has 0 spiro atoms. The van der Waals surface area contributed by atoms with Gasteiger partial charge >= 0.3 is 0 Å². The molecule has 3 unspecified atom stereocenters. The Morgan fingerprint density at radius 3 is 2.79 bits per heavy atom. The smallest absolute Gasteiger partial charge is 0.261 e. The van der Waals surface area contributed by atoms with Crippen molar-refractivity contribution in [3.05, 3.63) is 21.9 Å². The fraction of sp³-hybridized carbons (Fsp3) is 0.643. The summed E-state index contributed by atoms with van der Waals surface area (Å²) < 4.78 is 11.4. The molecule has 3 rings (SSSR count). The van der Waals surface area contributed by atoms with E-state index in [-0.39, 0.29) is 24.2 Å². The first-order valence-electron chi connectivity index (χ1n) is 6.83. The lowest BCUT2D eigenvalue weighted by atomic mass is 9.89. The third kappa shape index (κ3) is 2.99. The van der Waals surface area contributed by atoms with E-state index in [1.165, 1.54) is 11.3 Å². The van der Waals surface area contributed by atoms with Crippen LogP contribution in [0.1, 0.15) is 33.8 Å². The molecule has 1 saturated heterocycles. The zero-order valence-corrected chi connectivity index (χ0v) is 11.9. The largest absolute Gasteiger partial charge is 0.373 e. The minimum absolute atomic E-state index is 0.0401. The van der Waals surface area contributed by atoms with Crippen molar-refractivity contribution in [1.82, 2.24) is 5.32 Å². The van der Waals surface area contributed by atoms with E-state index in [1.807, 2.05) is 19.1 Å². The monoisotopic (exact) mass is 281 g/mol. The van der Waals surface area contributed by atoms with E-state index in [2.05, 4.69) is 5.32 Å². The normalized spacial score (nSPS) is 30.7. The molecule has 2 heterocycles. The topological polar surface area (TPSA) is 47.6 Å². The average Bonchev–Trinajstić information content (AvgIpc) is 2.85. The van der Waals surface area contributed by atoms with Gasteiger partial charge in [0.05, 0.1) is 30.3 Å². The zero-order chi connectivity index (χ0) is 13.2. The van der Waals surface area contributed by atoms with Crippen LogP contribution in [0.25, 0.3) is 0 Å². The number of hydrogen-bond acceptors (Lipinski definition) is 4. The molecule has 0 aromatic carbocycles. The molecule has 1 aromatic heterocycles. The molecular formula is C14H19NO3S. The molecule has 1 aliphatic heterocycles. The standard InChI is InChI=1S/C14H19NO3S/c1-9-2-5-13(19-9)14(16)15-10-3-4-11-12(8-10)18-7-6-17-11/h2,5,10-12H,3-4,6-8H2,1H3,(H,15,16). The molecule has 0 bridgehead atoms. The molecule has 5 heteroatoms. The lowest BCUT2D eigenvalue weighted by Crippen LogP contribution is -2.49. The Hall–Kier alpha value is -0.910. The SMILES string of the molecule is Cc1ccc(C(=O)NC2CCC3OCCOC3C2)s1. The van der Waals surface area contributed by atoms with Crippen molar-refractivity contribution in [2.24, 2.45) is 0 Å². The number of ether oxygens (including phenoxy) is 2. The molecule has 4 nitrogen and oxygen atoms in total. The second-order valence-corrected chi connectivity index (χ2v) is 6.50. The Morgan fingerprint density at radius 1 is 1.26 bits per heavy atom. The highest BCUT2D eigenvalue weighted by atomic mass is 32.1. The molecule has 1 amide bonds. The van der Waals surface area contributed by atoms with Gasteiger partial charge in [0.15, 0.2) is 0 Å². The summed E-state index contributed by atoms with van der Waals surface area (Å²) in [5, 5.41) is 3.12. The second-order valence-electron chi connectivity index (χ2n) is 5.21. The van der Waals surface area contributed by atoms with Crippen molar-refractivity contribution >= 4 is 17.2 Å². The Bertz CT molecular complexity index is 459. The minimum Gasteiger partial charge on any atom is -0.373 e. The summed E-state index contributed by atoms with van der Waals surface area (Å²) >= 11 is 1.54. The van der Waals surface area contributed by atoms with E-state index in [9.17, 15) is 4.79 Å². The van der Waals surface area contributed by atoms with Crippen molar-refractivity contribution in [1.29, 1.82) is 0 Å². The number of nitrogens with one attached hydrogen (secondary N) is 1. The van der Waals surface area contributed by atoms with Crippen LogP contribution in [-0.4, -0.2) is 37.4 Å². The van der Waals surface area contributed by atoms with Crippen LogP contribution in [0.15, 0.2) is 12.1 Å². The molecule has 104 valence electrons. The maximum absolute atomic E-state index is 12.1. The lowest BCUT2D eigenvalue weighted by molar-refractivity contribution is -0.157. The Labute approximate surface area is 117 Å². The zero-order valence-electron chi connectivity index (χ0n) is 11.1. The Kier molecular flexibility index (Phi) is 3.86. The Morgan fingerprint density at radius 2 is 2.05 bits per heavy atom. The number of carbonyl (C=O) groups excluding carboxylic acids is 1. The molecule has 0 radical (unpaired) electrons. The summed E-state index contributed by atoms with van der Waals surface area (Å²) in [6.07, 6.45) is 3.18. The predicted octanol–water partition coefficient (Wildman–Crippen LogP) is 2.12. The van der Waals surface area contributed by atoms with E-state index < -0.39 is 0 Å². The van der Waals surface area contributed by atoms with Gasteiger partial charge in [-0.2, -0.15) is 0 Å². The van der Waals surface area contributed by atoms with Crippen LogP contribution in [0.5, 0.6) is 0 Å². The van der Waals surface area contributed by atoms with Gasteiger partial charge in [0.25, 0.3) is 5.91 Å². The van der Waals surface area contributed by atoms with Crippen LogP contribution in [0.4, 0.5) is 0 Å². The van der Waals surface area contributed by atoms with Gasteiger partial charge in [0, 0.05) is 10.9 Å². The molecular weight excluding hydrogens is 262 g/mol. The van der Waals surface area contributed by atoms with E-state index in [0.29, 0.717) is 13.2 Å². The maximum Gasteiger partial charge on any atom is 0.261 e. The first-order chi connectivity index (χ1) is 9.22. The second kappa shape index (κ2) is 5.61. The van der Waals surface area contributed by atoms with Gasteiger partial charge in [-0.3, -0.25) is 4.79 Å². The molecule has 2 fully saturated rings. The third-order valence-electron chi connectivity index (χ3n) is 3.78. The molecule has 1 aliphatic carbocycles. The number of amides is 1. The summed E-state index contributed by atoms with van der Waals surface area (Å²) in [7, 11) is 0. The summed E-state index contributed by atoms with van der Waals surface area (Å²) in [6.45, 7) is 3.39. The van der Waals surface area contributed by atoms with Crippen LogP contribution >= 0.6 is 11.3 Å². The van der Waals surface area contributed by atoms with Gasteiger partial charge in [0.2, 0.25) is 0 Å². The van der Waals surface area contributed by atoms with Crippen molar-refractivity contribution in [2.45, 2.75) is 44.4 Å². The third-order valence-corrected chi connectivity index (χ3v) is 4.78. The quantitative estimate of drug-likeness (QED) is 0.903. The van der Waals surface area contributed by atoms with Gasteiger partial charge in [-0.05, 0) is 38.3 Å². The first-order valence-corrected chi connectivity index (χ1v) is 7.64. The molecule has 2 aliphatic rings. The van der Waals surface area contributed by atoms with E-state index in [1.54, 1.807) is 0 Å². The number of thiophene rings is 1. The first kappa shape index (κ1) is 13.1. The van der Waals surface area contributed by atoms with Crippen LogP contribution in [-0.2, 0) is 9.47 Å². The van der Waals surface area contributed by atoms with E-state index in [0.717, 1.165) is 29.0 Å². The molecule has 3 atom stereocenters. The minimum atomic E-state index is 0.0401. The number of carbonyl (C=O) groups is 1. The highest BCUT2D eigenvalue weighted by molar-refractivity contribution is 7.13. The number of fused-ring (bicyclic) bond motifs is 1. The number of rotatable bonds is 2. The van der Waals surface area contributed by atoms with Gasteiger partial charge in [-0.25, -0.2) is 0 Å². The average molecular weight is 281 g/mol. The fourth-order valence-electron chi connectivity index (χ4n) is 2.81. The van der Waals surface area contributed by atoms with Crippen molar-refractivity contribution in [3.63, 3.8) is 0 Å². The number of aryl methyl sites for hydroxylation is 1. The number of hydrogen-bond donors (Lipinski definition) is 1. The molecule has 1 saturated carbocycles. The van der Waals surface area contributed by atoms with E-state index in [4.69, 9.17) is 9.47 Å². The fourth-order valence-corrected chi connectivity index (χ4v) is 3.58. The Balaban J connectivity index is 1.57. The van der Waals surface area contributed by atoms with Gasteiger partial charge < -0.3 is 14.8 Å². The lowest BCUT2D eigenvalue weighted by Gasteiger charge is -2.39. The van der Waals surface area contributed by atoms with Crippen molar-refractivity contribution in [2.75, 3.05) is 13.2 Å². The van der Waals surface area contributed by atoms with Gasteiger partial charge in [-0.15, -0.1) is 11.3 Å². The van der Waals surface area contributed by atoms with Gasteiger partial charge in [0.1, 0.15) is 0 Å². The van der Waals surface area contributed by atoms with Crippen LogP contribution in [0.2, 0.25) is 0 Å². The highest BCUT2D eigenvalue weighted by Crippen LogP contribution is 2.27. The molecule has 1 N–H and O–H groups in total. The predicted molar refractivity (Wildman–Crippen MR) is 73.6 cm³/mol. The van der Waals surface area contributed by atoms with Crippen molar-refractivity contribution in [3.8, 4) is 0 Å². The van der Waals surface area contributed by atoms with Crippen molar-refractivity contribution < 1.29 is 14.3 Å². The summed E-state index contributed by atoms with van der Waals surface area (Å²) in [4.78, 5) is 14.1. The van der Waals surface area contributed by atoms with Crippen LogP contribution in [0.3, 0.4) is 0 Å². The van der Waals surface area contributed by atoms with Crippen LogP contribution < -0.4 is 5.32 Å². The summed E-state index contributed by atoms with van der Waals surface area (Å²) in [5.74, 6) is 0.0401. The van der Waals surface area contributed by atoms with Gasteiger partial charge in [-0.1, -0.05) is 0 Å². The molecule has 1 aromatic rings. The highest BCUT2D eigenvalue weighted by Gasteiger charge is 2.34. The molecule has 19 heavy (non-hydrogen) atoms. The van der Waals surface area contributed by atoms with Crippen LogP contribution in [0, 0.1) is 6.92 Å². The summed E-state index contributed by atoms with van der Waals surface area (Å²) in [6, 6.07) is 4.08.